The van der Waals surface area contributed by atoms with Crippen molar-refractivity contribution >= 4 is 17.4 Å². The molecule has 2 N–H and O–H groups in total. The standard InChI is InChI=1S/C12H12N6O.C6H5F/c13-5-8-1-3-17(7-8)10-2-4-18-12(16-10)9(6-15-18)11(14)19;7-6-4-2-1-3-5-6/h2,4,6,8H,1,3,7H2,(H2,14,19);1-5H. The third-order valence-corrected chi connectivity index (χ3v) is 4.05. The van der Waals surface area contributed by atoms with Crippen LogP contribution in [0.1, 0.15) is 16.8 Å². The first-order valence-electron chi connectivity index (χ1n) is 8.08. The normalized spacial score (nSPS) is 16.0. The van der Waals surface area contributed by atoms with Gasteiger partial charge in [0.15, 0.2) is 5.65 Å². The second-order valence-electron chi connectivity index (χ2n) is 5.83. The van der Waals surface area contributed by atoms with E-state index in [-0.39, 0.29) is 11.7 Å². The molecule has 1 aliphatic rings. The van der Waals surface area contributed by atoms with Crippen LogP contribution in [0.15, 0.2) is 48.8 Å². The molecule has 8 heteroatoms. The smallest absolute Gasteiger partial charge is 0.254 e. The molecule has 26 heavy (non-hydrogen) atoms. The highest BCUT2D eigenvalue weighted by molar-refractivity contribution is 5.98. The lowest BCUT2D eigenvalue weighted by Gasteiger charge is -2.16. The van der Waals surface area contributed by atoms with Crippen LogP contribution in [0.3, 0.4) is 0 Å². The van der Waals surface area contributed by atoms with Crippen LogP contribution in [0.2, 0.25) is 0 Å². The molecule has 0 spiro atoms. The molecule has 0 radical (unpaired) electrons. The number of nitriles is 1. The Hall–Kier alpha value is -3.47. The minimum Gasteiger partial charge on any atom is -0.365 e. The Bertz CT molecular complexity index is 949. The van der Waals surface area contributed by atoms with E-state index in [4.69, 9.17) is 11.0 Å². The predicted octanol–water partition coefficient (Wildman–Crippen LogP) is 2.00. The van der Waals surface area contributed by atoms with E-state index in [2.05, 4.69) is 16.2 Å². The van der Waals surface area contributed by atoms with Crippen molar-refractivity contribution in [1.82, 2.24) is 14.6 Å². The number of halogens is 1. The van der Waals surface area contributed by atoms with Gasteiger partial charge in [0.2, 0.25) is 0 Å². The predicted molar refractivity (Wildman–Crippen MR) is 93.8 cm³/mol. The van der Waals surface area contributed by atoms with Crippen LogP contribution < -0.4 is 10.6 Å². The van der Waals surface area contributed by atoms with E-state index in [0.717, 1.165) is 18.8 Å². The van der Waals surface area contributed by atoms with Gasteiger partial charge in [-0.25, -0.2) is 13.9 Å². The summed E-state index contributed by atoms with van der Waals surface area (Å²) in [6.45, 7) is 1.46. The topological polar surface area (TPSA) is 100 Å². The van der Waals surface area contributed by atoms with Gasteiger partial charge < -0.3 is 10.6 Å². The molecule has 2 aromatic heterocycles. The van der Waals surface area contributed by atoms with Crippen LogP contribution in [0, 0.1) is 23.1 Å². The summed E-state index contributed by atoms with van der Waals surface area (Å²) in [6.07, 6.45) is 3.99. The average molecular weight is 352 g/mol. The number of benzene rings is 1. The molecule has 1 fully saturated rings. The highest BCUT2D eigenvalue weighted by atomic mass is 19.1. The summed E-state index contributed by atoms with van der Waals surface area (Å²) in [5, 5.41) is 12.9. The second kappa shape index (κ2) is 7.61. The summed E-state index contributed by atoms with van der Waals surface area (Å²) in [4.78, 5) is 17.7. The Balaban J connectivity index is 0.000000236. The van der Waals surface area contributed by atoms with E-state index < -0.39 is 5.91 Å². The van der Waals surface area contributed by atoms with Crippen molar-refractivity contribution in [1.29, 1.82) is 5.26 Å². The molecule has 1 aromatic carbocycles. The van der Waals surface area contributed by atoms with Crippen LogP contribution in [-0.2, 0) is 0 Å². The molecule has 1 amide bonds. The summed E-state index contributed by atoms with van der Waals surface area (Å²) in [5.41, 5.74) is 6.04. The number of primary amides is 1. The van der Waals surface area contributed by atoms with E-state index in [1.165, 1.54) is 22.8 Å². The number of aromatic nitrogens is 3. The number of rotatable bonds is 2. The number of hydrogen-bond donors (Lipinski definition) is 1. The van der Waals surface area contributed by atoms with Gasteiger partial charge in [-0.05, 0) is 24.6 Å². The highest BCUT2D eigenvalue weighted by Gasteiger charge is 2.23. The fourth-order valence-electron chi connectivity index (χ4n) is 2.70. The van der Waals surface area contributed by atoms with Gasteiger partial charge in [-0.3, -0.25) is 4.79 Å². The van der Waals surface area contributed by atoms with E-state index in [1.54, 1.807) is 24.4 Å². The summed E-state index contributed by atoms with van der Waals surface area (Å²) < 4.78 is 13.4. The Morgan fingerprint density at radius 2 is 2.08 bits per heavy atom. The second-order valence-corrected chi connectivity index (χ2v) is 5.83. The number of carbonyl (C=O) groups is 1. The van der Waals surface area contributed by atoms with Gasteiger partial charge in [0.25, 0.3) is 5.91 Å². The zero-order valence-corrected chi connectivity index (χ0v) is 13.9. The van der Waals surface area contributed by atoms with Crippen LogP contribution in [0.4, 0.5) is 10.2 Å². The molecule has 7 nitrogen and oxygen atoms in total. The monoisotopic (exact) mass is 352 g/mol. The first-order valence-corrected chi connectivity index (χ1v) is 8.08. The number of nitrogens with zero attached hydrogens (tertiary/aromatic N) is 5. The third kappa shape index (κ3) is 3.78. The summed E-state index contributed by atoms with van der Waals surface area (Å²) in [5.74, 6) is 0.0604. The van der Waals surface area contributed by atoms with Gasteiger partial charge >= 0.3 is 0 Å². The number of hydrogen-bond acceptors (Lipinski definition) is 5. The molecular weight excluding hydrogens is 335 g/mol. The van der Waals surface area contributed by atoms with Crippen LogP contribution >= 0.6 is 0 Å². The molecule has 0 aliphatic carbocycles. The Morgan fingerprint density at radius 3 is 2.65 bits per heavy atom. The van der Waals surface area contributed by atoms with E-state index >= 15 is 0 Å². The summed E-state index contributed by atoms with van der Waals surface area (Å²) in [6, 6.07) is 12.0. The number of anilines is 1. The third-order valence-electron chi connectivity index (χ3n) is 4.05. The lowest BCUT2D eigenvalue weighted by Crippen LogP contribution is -2.21. The van der Waals surface area contributed by atoms with Crippen molar-refractivity contribution in [3.8, 4) is 6.07 Å². The Morgan fingerprint density at radius 1 is 1.31 bits per heavy atom. The van der Waals surface area contributed by atoms with E-state index in [1.807, 2.05) is 11.0 Å². The number of fused-ring (bicyclic) bond motifs is 1. The molecular formula is C18H17FN6O. The maximum absolute atomic E-state index is 11.9. The van der Waals surface area contributed by atoms with Crippen molar-refractivity contribution in [3.63, 3.8) is 0 Å². The van der Waals surface area contributed by atoms with Crippen LogP contribution in [-0.4, -0.2) is 33.6 Å². The highest BCUT2D eigenvalue weighted by Crippen LogP contribution is 2.22. The van der Waals surface area contributed by atoms with E-state index in [9.17, 15) is 9.18 Å². The summed E-state index contributed by atoms with van der Waals surface area (Å²) in [7, 11) is 0. The summed E-state index contributed by atoms with van der Waals surface area (Å²) >= 11 is 0. The first kappa shape index (κ1) is 17.4. The van der Waals surface area contributed by atoms with Crippen LogP contribution in [0.5, 0.6) is 0 Å². The lowest BCUT2D eigenvalue weighted by molar-refractivity contribution is 0.100. The number of carbonyl (C=O) groups excluding carboxylic acids is 1. The number of nitrogens with two attached hydrogens (primary N) is 1. The van der Waals surface area contributed by atoms with Gasteiger partial charge in [-0.15, -0.1) is 0 Å². The lowest BCUT2D eigenvalue weighted by atomic mass is 10.1. The molecule has 0 bridgehead atoms. The van der Waals surface area contributed by atoms with Gasteiger partial charge in [-0.1, -0.05) is 18.2 Å². The molecule has 3 heterocycles. The van der Waals surface area contributed by atoms with Crippen molar-refractivity contribution in [2.75, 3.05) is 18.0 Å². The van der Waals surface area contributed by atoms with Crippen LogP contribution in [0.25, 0.3) is 5.65 Å². The van der Waals surface area contributed by atoms with E-state index in [0.29, 0.717) is 17.8 Å². The molecule has 1 unspecified atom stereocenters. The fraction of sp³-hybridized carbons (Fsp3) is 0.222. The quantitative estimate of drug-likeness (QED) is 0.760. The molecule has 1 atom stereocenters. The molecule has 1 aliphatic heterocycles. The zero-order valence-electron chi connectivity index (χ0n) is 13.9. The minimum absolute atomic E-state index is 0.0403. The average Bonchev–Trinajstić information content (AvgIpc) is 3.29. The Kier molecular flexibility index (Phi) is 5.08. The molecule has 132 valence electrons. The minimum atomic E-state index is -0.545. The zero-order chi connectivity index (χ0) is 18.5. The van der Waals surface area contributed by atoms with Crippen molar-refractivity contribution in [2.45, 2.75) is 6.42 Å². The van der Waals surface area contributed by atoms with Gasteiger partial charge in [0.1, 0.15) is 17.2 Å². The SMILES string of the molecule is Fc1ccccc1.N#CC1CCN(c2ccn3ncc(C(N)=O)c3n2)C1. The van der Waals surface area contributed by atoms with Gasteiger partial charge in [-0.2, -0.15) is 10.4 Å². The first-order chi connectivity index (χ1) is 12.6. The van der Waals surface area contributed by atoms with Gasteiger partial charge in [0.05, 0.1) is 18.2 Å². The number of amides is 1. The van der Waals surface area contributed by atoms with Crippen molar-refractivity contribution in [2.24, 2.45) is 11.7 Å². The maximum Gasteiger partial charge on any atom is 0.254 e. The molecule has 3 aromatic rings. The molecule has 1 saturated heterocycles. The largest absolute Gasteiger partial charge is 0.365 e. The molecule has 4 rings (SSSR count). The van der Waals surface area contributed by atoms with Crippen molar-refractivity contribution in [3.05, 3.63) is 60.2 Å². The molecule has 0 saturated carbocycles. The Labute approximate surface area is 149 Å². The van der Waals surface area contributed by atoms with Crippen molar-refractivity contribution < 1.29 is 9.18 Å². The maximum atomic E-state index is 11.9. The fourth-order valence-corrected chi connectivity index (χ4v) is 2.70. The van der Waals surface area contributed by atoms with Gasteiger partial charge in [0, 0.05) is 19.3 Å².